The minimum Gasteiger partial charge on any atom is -0.317 e. The summed E-state index contributed by atoms with van der Waals surface area (Å²) in [6, 6.07) is 22.0. The van der Waals surface area contributed by atoms with Gasteiger partial charge in [0.05, 0.1) is 34.5 Å². The predicted molar refractivity (Wildman–Crippen MR) is 116 cm³/mol. The standard InChI is InChI=1S/C22H16N6S/c1-14-19-20(27(26-14)16-10-6-3-7-11-16)17(12-23)21-25-18(13-24-28(21)22(19)29)15-8-4-2-5-9-15/h2-11,24H,13H2,1H3. The molecule has 0 radical (unpaired) electrons. The number of aromatic nitrogens is 3. The third-order valence-electron chi connectivity index (χ3n) is 5.01. The first-order valence-corrected chi connectivity index (χ1v) is 9.60. The molecule has 5 rings (SSSR count). The van der Waals surface area contributed by atoms with Crippen molar-refractivity contribution in [3.05, 3.63) is 82.1 Å². The monoisotopic (exact) mass is 396 g/mol. The third-order valence-corrected chi connectivity index (χ3v) is 5.40. The Balaban J connectivity index is 1.86. The molecule has 0 fully saturated rings. The quantitative estimate of drug-likeness (QED) is 0.509. The summed E-state index contributed by atoms with van der Waals surface area (Å²) in [5.41, 5.74) is 7.97. The van der Waals surface area contributed by atoms with Crippen LogP contribution in [0.3, 0.4) is 0 Å². The third kappa shape index (κ3) is 2.65. The average Bonchev–Trinajstić information content (AvgIpc) is 3.12. The summed E-state index contributed by atoms with van der Waals surface area (Å²) in [6.45, 7) is 2.43. The van der Waals surface area contributed by atoms with Crippen molar-refractivity contribution in [2.75, 3.05) is 12.0 Å². The molecule has 4 aromatic rings. The molecule has 0 amide bonds. The SMILES string of the molecule is Cc1nn(-c2ccccc2)c2c(C#N)c3n(c(=S)c12)NCC(c1ccccc1)=N3. The van der Waals surface area contributed by atoms with Crippen LogP contribution in [0.25, 0.3) is 16.6 Å². The van der Waals surface area contributed by atoms with Crippen molar-refractivity contribution >= 4 is 34.7 Å². The van der Waals surface area contributed by atoms with Crippen molar-refractivity contribution in [3.8, 4) is 11.8 Å². The first kappa shape index (κ1) is 17.3. The second-order valence-corrected chi connectivity index (χ2v) is 7.15. The minimum atomic E-state index is 0.443. The highest BCUT2D eigenvalue weighted by atomic mass is 32.1. The molecule has 0 atom stereocenters. The molecule has 1 aliphatic rings. The first-order chi connectivity index (χ1) is 14.2. The Labute approximate surface area is 172 Å². The Bertz CT molecular complexity index is 1370. The highest BCUT2D eigenvalue weighted by Crippen LogP contribution is 2.33. The van der Waals surface area contributed by atoms with E-state index < -0.39 is 0 Å². The van der Waals surface area contributed by atoms with Crippen LogP contribution in [-0.4, -0.2) is 26.7 Å². The van der Waals surface area contributed by atoms with E-state index in [1.54, 1.807) is 9.36 Å². The molecule has 2 aromatic carbocycles. The summed E-state index contributed by atoms with van der Waals surface area (Å²) in [5.74, 6) is 0.507. The first-order valence-electron chi connectivity index (χ1n) is 9.20. The highest BCUT2D eigenvalue weighted by molar-refractivity contribution is 7.71. The van der Waals surface area contributed by atoms with Crippen LogP contribution in [0.5, 0.6) is 0 Å². The van der Waals surface area contributed by atoms with Crippen molar-refractivity contribution in [1.29, 1.82) is 5.26 Å². The fraction of sp³-hybridized carbons (Fsp3) is 0.0909. The number of para-hydroxylation sites is 1. The summed E-state index contributed by atoms with van der Waals surface area (Å²) >= 11 is 5.76. The number of pyridine rings is 1. The van der Waals surface area contributed by atoms with Crippen LogP contribution in [0.15, 0.2) is 65.7 Å². The summed E-state index contributed by atoms with van der Waals surface area (Å²) in [4.78, 5) is 4.83. The summed E-state index contributed by atoms with van der Waals surface area (Å²) in [6.07, 6.45) is 0. The molecule has 1 N–H and O–H groups in total. The molecule has 0 aliphatic carbocycles. The zero-order valence-corrected chi connectivity index (χ0v) is 16.4. The van der Waals surface area contributed by atoms with E-state index in [0.29, 0.717) is 28.1 Å². The fourth-order valence-corrected chi connectivity index (χ4v) is 4.07. The second kappa shape index (κ2) is 6.69. The lowest BCUT2D eigenvalue weighted by Crippen LogP contribution is -2.29. The van der Waals surface area contributed by atoms with Crippen LogP contribution < -0.4 is 5.43 Å². The van der Waals surface area contributed by atoms with Crippen LogP contribution in [0, 0.1) is 22.9 Å². The van der Waals surface area contributed by atoms with Gasteiger partial charge >= 0.3 is 0 Å². The maximum atomic E-state index is 10.1. The van der Waals surface area contributed by atoms with Gasteiger partial charge in [0.1, 0.15) is 16.3 Å². The van der Waals surface area contributed by atoms with E-state index in [9.17, 15) is 5.26 Å². The largest absolute Gasteiger partial charge is 0.317 e. The molecule has 2 aromatic heterocycles. The molecule has 7 heteroatoms. The number of hydrogen-bond donors (Lipinski definition) is 1. The van der Waals surface area contributed by atoms with Crippen LogP contribution >= 0.6 is 12.2 Å². The summed E-state index contributed by atoms with van der Waals surface area (Å²) in [5, 5.41) is 15.6. The van der Waals surface area contributed by atoms with E-state index in [1.165, 1.54) is 0 Å². The van der Waals surface area contributed by atoms with Gasteiger partial charge in [-0.2, -0.15) is 10.4 Å². The van der Waals surface area contributed by atoms with Gasteiger partial charge in [0.25, 0.3) is 0 Å². The van der Waals surface area contributed by atoms with Gasteiger partial charge in [0, 0.05) is 0 Å². The predicted octanol–water partition coefficient (Wildman–Crippen LogP) is 4.41. The lowest BCUT2D eigenvalue weighted by molar-refractivity contribution is 0.858. The fourth-order valence-electron chi connectivity index (χ4n) is 3.67. The van der Waals surface area contributed by atoms with Crippen molar-refractivity contribution in [3.63, 3.8) is 0 Å². The minimum absolute atomic E-state index is 0.443. The molecular weight excluding hydrogens is 380 g/mol. The highest BCUT2D eigenvalue weighted by Gasteiger charge is 2.24. The summed E-state index contributed by atoms with van der Waals surface area (Å²) in [7, 11) is 0. The average molecular weight is 396 g/mol. The van der Waals surface area contributed by atoms with Crippen molar-refractivity contribution in [2.45, 2.75) is 6.92 Å². The maximum Gasteiger partial charge on any atom is 0.173 e. The number of hydrogen-bond acceptors (Lipinski definition) is 5. The lowest BCUT2D eigenvalue weighted by atomic mass is 10.1. The number of nitrogens with zero attached hydrogens (tertiary/aromatic N) is 5. The molecule has 0 saturated heterocycles. The van der Waals surface area contributed by atoms with E-state index >= 15 is 0 Å². The molecule has 1 aliphatic heterocycles. The number of aliphatic imine (C=N–C) groups is 1. The van der Waals surface area contributed by atoms with Crippen molar-refractivity contribution < 1.29 is 0 Å². The molecule has 3 heterocycles. The molecular formula is C22H16N6S. The van der Waals surface area contributed by atoms with E-state index in [-0.39, 0.29) is 0 Å². The number of rotatable bonds is 2. The van der Waals surface area contributed by atoms with E-state index in [4.69, 9.17) is 17.2 Å². The van der Waals surface area contributed by atoms with Crippen molar-refractivity contribution in [2.24, 2.45) is 4.99 Å². The smallest absolute Gasteiger partial charge is 0.173 e. The Morgan fingerprint density at radius 2 is 1.76 bits per heavy atom. The van der Waals surface area contributed by atoms with E-state index in [2.05, 4.69) is 16.6 Å². The van der Waals surface area contributed by atoms with Crippen LogP contribution in [0.4, 0.5) is 5.82 Å². The topological polar surface area (TPSA) is 70.9 Å². The molecule has 6 nitrogen and oxygen atoms in total. The Morgan fingerprint density at radius 1 is 1.07 bits per heavy atom. The molecule has 0 saturated carbocycles. The van der Waals surface area contributed by atoms with Crippen LogP contribution in [-0.2, 0) is 0 Å². The van der Waals surface area contributed by atoms with Gasteiger partial charge in [-0.3, -0.25) is 0 Å². The molecule has 0 bridgehead atoms. The number of fused-ring (bicyclic) bond motifs is 2. The van der Waals surface area contributed by atoms with E-state index in [1.807, 2.05) is 67.6 Å². The number of aryl methyl sites for hydroxylation is 1. The van der Waals surface area contributed by atoms with Gasteiger partial charge in [-0.05, 0) is 24.6 Å². The summed E-state index contributed by atoms with van der Waals surface area (Å²) < 4.78 is 4.09. The lowest BCUT2D eigenvalue weighted by Gasteiger charge is -2.22. The number of nitrogens with one attached hydrogen (secondary N) is 1. The van der Waals surface area contributed by atoms with Gasteiger partial charge in [-0.1, -0.05) is 60.7 Å². The van der Waals surface area contributed by atoms with Crippen molar-refractivity contribution in [1.82, 2.24) is 14.5 Å². The van der Waals surface area contributed by atoms with Gasteiger partial charge in [0.15, 0.2) is 5.82 Å². The molecule has 29 heavy (non-hydrogen) atoms. The maximum absolute atomic E-state index is 10.1. The molecule has 140 valence electrons. The van der Waals surface area contributed by atoms with Gasteiger partial charge in [-0.25, -0.2) is 14.4 Å². The van der Waals surface area contributed by atoms with Crippen LogP contribution in [0.2, 0.25) is 0 Å². The van der Waals surface area contributed by atoms with Gasteiger partial charge < -0.3 is 5.43 Å². The van der Waals surface area contributed by atoms with Gasteiger partial charge in [-0.15, -0.1) is 0 Å². The Hall–Kier alpha value is -3.76. The normalized spacial score (nSPS) is 12.8. The second-order valence-electron chi connectivity index (χ2n) is 6.77. The number of nitriles is 1. The molecule has 0 unspecified atom stereocenters. The van der Waals surface area contributed by atoms with Crippen LogP contribution in [0.1, 0.15) is 16.8 Å². The zero-order chi connectivity index (χ0) is 20.0. The zero-order valence-electron chi connectivity index (χ0n) is 15.6. The molecule has 0 spiro atoms. The Kier molecular flexibility index (Phi) is 4.00. The Morgan fingerprint density at radius 3 is 2.45 bits per heavy atom. The van der Waals surface area contributed by atoms with E-state index in [0.717, 1.165) is 28.0 Å². The number of benzene rings is 2. The van der Waals surface area contributed by atoms with Gasteiger partial charge in [0.2, 0.25) is 0 Å².